The van der Waals surface area contributed by atoms with Crippen LogP contribution in [0.3, 0.4) is 0 Å². The fraction of sp³-hybridized carbons (Fsp3) is 0.429. The van der Waals surface area contributed by atoms with Crippen LogP contribution >= 0.6 is 0 Å². The van der Waals surface area contributed by atoms with Crippen molar-refractivity contribution in [3.63, 3.8) is 0 Å². The molecule has 0 radical (unpaired) electrons. The minimum Gasteiger partial charge on any atom is -0.348 e. The molecule has 0 aromatic carbocycles. The summed E-state index contributed by atoms with van der Waals surface area (Å²) in [7, 11) is 3.96. The third-order valence-corrected chi connectivity index (χ3v) is 1.39. The fourth-order valence-corrected chi connectivity index (χ4v) is 0.881. The van der Waals surface area contributed by atoms with Crippen molar-refractivity contribution in [2.75, 3.05) is 25.7 Å². The maximum absolute atomic E-state index is 3.11. The first-order valence-electron chi connectivity index (χ1n) is 3.33. The molecular formula is C7H13N3. The van der Waals surface area contributed by atoms with Crippen molar-refractivity contribution in [3.05, 3.63) is 18.3 Å². The van der Waals surface area contributed by atoms with Crippen LogP contribution in [-0.4, -0.2) is 25.7 Å². The van der Waals surface area contributed by atoms with Crippen molar-refractivity contribution in [2.24, 2.45) is 0 Å². The molecule has 3 heteroatoms. The van der Waals surface area contributed by atoms with Gasteiger partial charge in [0, 0.05) is 13.2 Å². The molecule has 0 amide bonds. The molecule has 3 nitrogen and oxygen atoms in total. The van der Waals surface area contributed by atoms with Crippen molar-refractivity contribution in [2.45, 2.75) is 0 Å². The van der Waals surface area contributed by atoms with E-state index in [0.717, 1.165) is 12.5 Å². The van der Waals surface area contributed by atoms with Crippen LogP contribution in [0.4, 0.5) is 5.82 Å². The van der Waals surface area contributed by atoms with E-state index >= 15 is 0 Å². The summed E-state index contributed by atoms with van der Waals surface area (Å²) in [6.45, 7) is 0.862. The maximum Gasteiger partial charge on any atom is 0.106 e. The molecule has 1 aromatic heterocycles. The molecular weight excluding hydrogens is 126 g/mol. The fourth-order valence-electron chi connectivity index (χ4n) is 0.881. The van der Waals surface area contributed by atoms with Crippen LogP contribution in [0.15, 0.2) is 18.3 Å². The summed E-state index contributed by atoms with van der Waals surface area (Å²) in [5.41, 5.74) is 0. The zero-order valence-electron chi connectivity index (χ0n) is 6.39. The van der Waals surface area contributed by atoms with Gasteiger partial charge in [-0.2, -0.15) is 0 Å². The van der Waals surface area contributed by atoms with E-state index in [0.29, 0.717) is 0 Å². The first kappa shape index (κ1) is 7.15. The Morgan fingerprint density at radius 1 is 1.70 bits per heavy atom. The first-order valence-corrected chi connectivity index (χ1v) is 3.33. The van der Waals surface area contributed by atoms with Crippen LogP contribution < -0.4 is 10.2 Å². The van der Waals surface area contributed by atoms with Gasteiger partial charge in [0.1, 0.15) is 5.82 Å². The van der Waals surface area contributed by atoms with Crippen LogP contribution in [0.2, 0.25) is 0 Å². The molecule has 0 saturated carbocycles. The minimum absolute atomic E-state index is 0.862. The molecule has 0 bridgehead atoms. The number of hydrogen-bond acceptors (Lipinski definition) is 2. The predicted molar refractivity (Wildman–Crippen MR) is 43.1 cm³/mol. The Balaban J connectivity index is 2.50. The molecule has 10 heavy (non-hydrogen) atoms. The minimum atomic E-state index is 0.862. The van der Waals surface area contributed by atoms with E-state index in [-0.39, 0.29) is 0 Å². The van der Waals surface area contributed by atoms with Gasteiger partial charge in [-0.05, 0) is 19.2 Å². The smallest absolute Gasteiger partial charge is 0.106 e. The van der Waals surface area contributed by atoms with Crippen LogP contribution in [-0.2, 0) is 0 Å². The van der Waals surface area contributed by atoms with Crippen molar-refractivity contribution >= 4 is 5.82 Å². The van der Waals surface area contributed by atoms with E-state index < -0.39 is 0 Å². The highest BCUT2D eigenvalue weighted by atomic mass is 15.2. The highest BCUT2D eigenvalue weighted by molar-refractivity contribution is 5.36. The van der Waals surface area contributed by atoms with Gasteiger partial charge >= 0.3 is 0 Å². The summed E-state index contributed by atoms with van der Waals surface area (Å²) in [5, 5.41) is 3.06. The lowest BCUT2D eigenvalue weighted by atomic mass is 10.6. The van der Waals surface area contributed by atoms with Crippen molar-refractivity contribution in [3.8, 4) is 0 Å². The summed E-state index contributed by atoms with van der Waals surface area (Å²) in [6.07, 6.45) is 1.92. The molecule has 56 valence electrons. The quantitative estimate of drug-likeness (QED) is 0.602. The Kier molecular flexibility index (Phi) is 2.34. The van der Waals surface area contributed by atoms with Gasteiger partial charge in [0.05, 0.1) is 6.67 Å². The summed E-state index contributed by atoms with van der Waals surface area (Å²) in [4.78, 5) is 5.20. The van der Waals surface area contributed by atoms with E-state index in [1.807, 2.05) is 32.4 Å². The number of rotatable bonds is 3. The van der Waals surface area contributed by atoms with Gasteiger partial charge in [-0.1, -0.05) is 0 Å². The maximum atomic E-state index is 3.11. The topological polar surface area (TPSA) is 31.1 Å². The van der Waals surface area contributed by atoms with E-state index in [1.165, 1.54) is 0 Å². The van der Waals surface area contributed by atoms with Crippen LogP contribution in [0.1, 0.15) is 0 Å². The number of nitrogens with zero attached hydrogens (tertiary/aromatic N) is 1. The zero-order chi connectivity index (χ0) is 7.40. The van der Waals surface area contributed by atoms with E-state index in [2.05, 4.69) is 15.2 Å². The average molecular weight is 139 g/mol. The summed E-state index contributed by atoms with van der Waals surface area (Å²) in [6, 6.07) is 4.03. The Labute approximate surface area is 61.0 Å². The highest BCUT2D eigenvalue weighted by Crippen LogP contribution is 2.05. The van der Waals surface area contributed by atoms with Crippen LogP contribution in [0.25, 0.3) is 0 Å². The van der Waals surface area contributed by atoms with Gasteiger partial charge in [-0.3, -0.25) is 0 Å². The Hall–Kier alpha value is -0.960. The molecule has 1 aromatic rings. The molecule has 0 saturated heterocycles. The molecule has 1 heterocycles. The molecule has 2 N–H and O–H groups in total. The van der Waals surface area contributed by atoms with Crippen LogP contribution in [0, 0.1) is 0 Å². The monoisotopic (exact) mass is 139 g/mol. The number of H-pyrrole nitrogens is 1. The van der Waals surface area contributed by atoms with Gasteiger partial charge in [-0.15, -0.1) is 0 Å². The molecule has 1 rings (SSSR count). The normalized spacial score (nSPS) is 9.80. The Bertz CT molecular complexity index is 169. The Morgan fingerprint density at radius 3 is 3.00 bits per heavy atom. The summed E-state index contributed by atoms with van der Waals surface area (Å²) < 4.78 is 0. The largest absolute Gasteiger partial charge is 0.348 e. The predicted octanol–water partition coefficient (Wildman–Crippen LogP) is 0.628. The lowest BCUT2D eigenvalue weighted by Crippen LogP contribution is -2.28. The Morgan fingerprint density at radius 2 is 2.50 bits per heavy atom. The number of nitrogens with one attached hydrogen (secondary N) is 2. The second-order valence-electron chi connectivity index (χ2n) is 2.26. The lowest BCUT2D eigenvalue weighted by Gasteiger charge is -2.15. The van der Waals surface area contributed by atoms with Gasteiger partial charge in [0.15, 0.2) is 0 Å². The third kappa shape index (κ3) is 1.51. The molecule has 0 fully saturated rings. The standard InChI is InChI=1S/C7H13N3/c1-8-6-10(2)7-4-3-5-9-7/h3-5,8-9H,6H2,1-2H3. The number of anilines is 1. The molecule has 0 spiro atoms. The highest BCUT2D eigenvalue weighted by Gasteiger charge is 1.96. The average Bonchev–Trinajstić information content (AvgIpc) is 2.38. The molecule has 0 unspecified atom stereocenters. The number of aromatic amines is 1. The number of aromatic nitrogens is 1. The van der Waals surface area contributed by atoms with Gasteiger partial charge in [0.25, 0.3) is 0 Å². The van der Waals surface area contributed by atoms with Crippen molar-refractivity contribution in [1.29, 1.82) is 0 Å². The second kappa shape index (κ2) is 3.27. The van der Waals surface area contributed by atoms with E-state index in [1.54, 1.807) is 0 Å². The van der Waals surface area contributed by atoms with Gasteiger partial charge < -0.3 is 15.2 Å². The summed E-state index contributed by atoms with van der Waals surface area (Å²) >= 11 is 0. The molecule has 0 atom stereocenters. The molecule has 0 aliphatic heterocycles. The first-order chi connectivity index (χ1) is 4.84. The van der Waals surface area contributed by atoms with Gasteiger partial charge in [-0.25, -0.2) is 0 Å². The van der Waals surface area contributed by atoms with E-state index in [4.69, 9.17) is 0 Å². The lowest BCUT2D eigenvalue weighted by molar-refractivity contribution is 0.769. The molecule has 0 aliphatic rings. The molecule has 0 aliphatic carbocycles. The van der Waals surface area contributed by atoms with E-state index in [9.17, 15) is 0 Å². The number of hydrogen-bond donors (Lipinski definition) is 2. The van der Waals surface area contributed by atoms with Crippen LogP contribution in [0.5, 0.6) is 0 Å². The summed E-state index contributed by atoms with van der Waals surface area (Å²) in [5.74, 6) is 1.13. The zero-order valence-corrected chi connectivity index (χ0v) is 6.39. The second-order valence-corrected chi connectivity index (χ2v) is 2.26. The van der Waals surface area contributed by atoms with Crippen molar-refractivity contribution in [1.82, 2.24) is 10.3 Å². The SMILES string of the molecule is CNCN(C)c1ccc[nH]1. The van der Waals surface area contributed by atoms with Gasteiger partial charge in [0.2, 0.25) is 0 Å². The van der Waals surface area contributed by atoms with Crippen molar-refractivity contribution < 1.29 is 0 Å². The third-order valence-electron chi connectivity index (χ3n) is 1.39.